The highest BCUT2D eigenvalue weighted by Crippen LogP contribution is 2.23. The number of aryl methyl sites for hydroxylation is 1. The fraction of sp³-hybridized carbons (Fsp3) is 0.222. The van der Waals surface area contributed by atoms with Gasteiger partial charge in [-0.15, -0.1) is 11.3 Å². The molecule has 0 atom stereocenters. The van der Waals surface area contributed by atoms with Crippen molar-refractivity contribution in [2.45, 2.75) is 13.3 Å². The summed E-state index contributed by atoms with van der Waals surface area (Å²) in [6.07, 6.45) is 1.07. The molecule has 0 radical (unpaired) electrons. The number of aromatic amines is 1. The summed E-state index contributed by atoms with van der Waals surface area (Å²) in [7, 11) is 0. The Morgan fingerprint density at radius 3 is 3.08 bits per heavy atom. The van der Waals surface area contributed by atoms with Gasteiger partial charge in [-0.05, 0) is 30.3 Å². The average Bonchev–Trinajstić information content (AvgIpc) is 2.44. The molecule has 3 heteroatoms. The maximum atomic E-state index is 5.08. The van der Waals surface area contributed by atoms with Crippen LogP contribution in [0.2, 0.25) is 0 Å². The minimum Gasteiger partial charge on any atom is -0.337 e. The maximum absolute atomic E-state index is 5.08. The first-order valence-electron chi connectivity index (χ1n) is 3.92. The van der Waals surface area contributed by atoms with Gasteiger partial charge in [0.2, 0.25) is 0 Å². The number of rotatable bonds is 1. The molecule has 0 spiro atoms. The number of benzene rings is 1. The van der Waals surface area contributed by atoms with Crippen molar-refractivity contribution in [3.05, 3.63) is 27.7 Å². The lowest BCUT2D eigenvalue weighted by molar-refractivity contribution is 1.16. The van der Waals surface area contributed by atoms with E-state index in [9.17, 15) is 0 Å². The molecule has 1 aromatic heterocycles. The van der Waals surface area contributed by atoms with Gasteiger partial charge in [0.1, 0.15) is 0 Å². The Balaban J connectivity index is 2.87. The molecule has 0 aliphatic heterocycles. The van der Waals surface area contributed by atoms with Gasteiger partial charge in [-0.1, -0.05) is 19.1 Å². The molecule has 62 valence electrons. The lowest BCUT2D eigenvalue weighted by atomic mass is 10.2. The van der Waals surface area contributed by atoms with Crippen LogP contribution in [0.3, 0.4) is 0 Å². The minimum atomic E-state index is 0.867. The fourth-order valence-electron chi connectivity index (χ4n) is 1.31. The first-order valence-corrected chi connectivity index (χ1v) is 5.14. The molecule has 0 aliphatic rings. The normalized spacial score (nSPS) is 10.8. The summed E-state index contributed by atoms with van der Waals surface area (Å²) in [4.78, 5) is 3.17. The van der Waals surface area contributed by atoms with Crippen molar-refractivity contribution in [1.29, 1.82) is 0 Å². The van der Waals surface area contributed by atoms with Gasteiger partial charge >= 0.3 is 0 Å². The molecule has 0 saturated heterocycles. The third-order valence-corrected chi connectivity index (χ3v) is 3.23. The molecule has 0 fully saturated rings. The van der Waals surface area contributed by atoms with Crippen LogP contribution in [0, 0.1) is 3.95 Å². The highest BCUT2D eigenvalue weighted by atomic mass is 32.1. The quantitative estimate of drug-likeness (QED) is 0.688. The van der Waals surface area contributed by atoms with Crippen LogP contribution in [0.15, 0.2) is 18.2 Å². The molecular weight excluding hydrogens is 186 g/mol. The Labute approximate surface area is 80.1 Å². The molecule has 0 aliphatic carbocycles. The number of nitrogens with one attached hydrogen (secondary N) is 1. The second kappa shape index (κ2) is 2.99. The summed E-state index contributed by atoms with van der Waals surface area (Å²) >= 11 is 6.75. The Hall–Kier alpha value is -0.670. The predicted molar refractivity (Wildman–Crippen MR) is 56.4 cm³/mol. The van der Waals surface area contributed by atoms with Crippen molar-refractivity contribution >= 4 is 33.8 Å². The van der Waals surface area contributed by atoms with E-state index in [1.165, 1.54) is 15.8 Å². The first-order chi connectivity index (χ1) is 5.81. The van der Waals surface area contributed by atoms with Gasteiger partial charge in [0, 0.05) is 0 Å². The van der Waals surface area contributed by atoms with Crippen LogP contribution >= 0.6 is 23.6 Å². The van der Waals surface area contributed by atoms with E-state index in [0.717, 1.165) is 10.4 Å². The van der Waals surface area contributed by atoms with Crippen molar-refractivity contribution < 1.29 is 0 Å². The second-order valence-electron chi connectivity index (χ2n) is 2.66. The summed E-state index contributed by atoms with van der Waals surface area (Å²) in [5.74, 6) is 0. The molecule has 2 aromatic rings. The van der Waals surface area contributed by atoms with Crippen molar-refractivity contribution in [3.63, 3.8) is 0 Å². The molecule has 2 rings (SSSR count). The third-order valence-electron chi connectivity index (χ3n) is 1.91. The molecule has 1 aromatic carbocycles. The standard InChI is InChI=1S/C9H9NS2/c1-2-6-4-3-5-7-8(6)12-9(11)10-7/h3-5H,2H2,1H3,(H,10,11). The number of hydrogen-bond acceptors (Lipinski definition) is 2. The molecule has 0 bridgehead atoms. The zero-order chi connectivity index (χ0) is 8.55. The summed E-state index contributed by atoms with van der Waals surface area (Å²) in [5.41, 5.74) is 2.55. The van der Waals surface area contributed by atoms with Crippen LogP contribution in [0.4, 0.5) is 0 Å². The van der Waals surface area contributed by atoms with E-state index in [2.05, 4.69) is 30.1 Å². The molecule has 0 saturated carbocycles. The zero-order valence-corrected chi connectivity index (χ0v) is 8.39. The van der Waals surface area contributed by atoms with Crippen LogP contribution in [0.1, 0.15) is 12.5 Å². The predicted octanol–water partition coefficient (Wildman–Crippen LogP) is 3.52. The van der Waals surface area contributed by atoms with Crippen molar-refractivity contribution in [1.82, 2.24) is 4.98 Å². The van der Waals surface area contributed by atoms with E-state index in [0.29, 0.717) is 0 Å². The Bertz CT molecular complexity index is 453. The van der Waals surface area contributed by atoms with Gasteiger partial charge in [0.15, 0.2) is 3.95 Å². The number of H-pyrrole nitrogens is 1. The van der Waals surface area contributed by atoms with Crippen LogP contribution in [0.5, 0.6) is 0 Å². The topological polar surface area (TPSA) is 15.8 Å². The number of hydrogen-bond donors (Lipinski definition) is 1. The SMILES string of the molecule is CCc1cccc2[nH]c(=S)sc12. The van der Waals surface area contributed by atoms with E-state index in [-0.39, 0.29) is 0 Å². The Morgan fingerprint density at radius 1 is 1.50 bits per heavy atom. The Morgan fingerprint density at radius 2 is 2.33 bits per heavy atom. The van der Waals surface area contributed by atoms with E-state index >= 15 is 0 Å². The summed E-state index contributed by atoms with van der Waals surface area (Å²) in [6.45, 7) is 2.16. The lowest BCUT2D eigenvalue weighted by Crippen LogP contribution is -1.78. The number of fused-ring (bicyclic) bond motifs is 1. The molecular formula is C9H9NS2. The summed E-state index contributed by atoms with van der Waals surface area (Å²) < 4.78 is 2.18. The van der Waals surface area contributed by atoms with Crippen molar-refractivity contribution in [3.8, 4) is 0 Å². The molecule has 1 N–H and O–H groups in total. The van der Waals surface area contributed by atoms with Crippen molar-refractivity contribution in [2.24, 2.45) is 0 Å². The highest BCUT2D eigenvalue weighted by Gasteiger charge is 2.00. The van der Waals surface area contributed by atoms with Gasteiger partial charge < -0.3 is 4.98 Å². The molecule has 0 unspecified atom stereocenters. The van der Waals surface area contributed by atoms with Crippen LogP contribution in [-0.4, -0.2) is 4.98 Å². The van der Waals surface area contributed by atoms with Crippen molar-refractivity contribution in [2.75, 3.05) is 0 Å². The van der Waals surface area contributed by atoms with Gasteiger partial charge in [-0.2, -0.15) is 0 Å². The minimum absolute atomic E-state index is 0.867. The smallest absolute Gasteiger partial charge is 0.159 e. The average molecular weight is 195 g/mol. The van der Waals surface area contributed by atoms with Gasteiger partial charge in [0.25, 0.3) is 0 Å². The van der Waals surface area contributed by atoms with Crippen LogP contribution in [0.25, 0.3) is 10.2 Å². The summed E-state index contributed by atoms with van der Waals surface area (Å²) in [6, 6.07) is 6.29. The van der Waals surface area contributed by atoms with E-state index in [1.54, 1.807) is 11.3 Å². The third kappa shape index (κ3) is 1.19. The highest BCUT2D eigenvalue weighted by molar-refractivity contribution is 7.73. The van der Waals surface area contributed by atoms with Crippen LogP contribution in [-0.2, 0) is 6.42 Å². The van der Waals surface area contributed by atoms with Crippen LogP contribution < -0.4 is 0 Å². The molecule has 0 amide bonds. The monoisotopic (exact) mass is 195 g/mol. The largest absolute Gasteiger partial charge is 0.337 e. The van der Waals surface area contributed by atoms with Gasteiger partial charge in [-0.3, -0.25) is 0 Å². The van der Waals surface area contributed by atoms with E-state index < -0.39 is 0 Å². The zero-order valence-electron chi connectivity index (χ0n) is 6.76. The fourth-order valence-corrected chi connectivity index (χ4v) is 2.59. The molecule has 1 heterocycles. The lowest BCUT2D eigenvalue weighted by Gasteiger charge is -1.95. The van der Waals surface area contributed by atoms with E-state index in [4.69, 9.17) is 12.2 Å². The molecule has 12 heavy (non-hydrogen) atoms. The maximum Gasteiger partial charge on any atom is 0.159 e. The van der Waals surface area contributed by atoms with E-state index in [1.807, 2.05) is 0 Å². The summed E-state index contributed by atoms with van der Waals surface area (Å²) in [5, 5.41) is 0. The number of aromatic nitrogens is 1. The number of thiazole rings is 1. The molecule has 1 nitrogen and oxygen atoms in total. The second-order valence-corrected chi connectivity index (χ2v) is 4.35. The van der Waals surface area contributed by atoms with Gasteiger partial charge in [-0.25, -0.2) is 0 Å². The van der Waals surface area contributed by atoms with Gasteiger partial charge in [0.05, 0.1) is 10.2 Å². The first kappa shape index (κ1) is 7.95. The Kier molecular flexibility index (Phi) is 1.98.